The van der Waals surface area contributed by atoms with Crippen LogP contribution in [0.3, 0.4) is 0 Å². The maximum Gasteiger partial charge on any atom is 0.311 e. The maximum atomic E-state index is 13.1. The van der Waals surface area contributed by atoms with Crippen molar-refractivity contribution in [2.45, 2.75) is 25.4 Å². The first-order valence-electron chi connectivity index (χ1n) is 9.68. The lowest BCUT2D eigenvalue weighted by atomic mass is 9.91. The first kappa shape index (κ1) is 23.0. The van der Waals surface area contributed by atoms with Crippen molar-refractivity contribution in [3.8, 4) is 16.2 Å². The molecule has 0 amide bonds. The molecule has 162 valence electrons. The summed E-state index contributed by atoms with van der Waals surface area (Å²) in [5, 5.41) is 10.5. The summed E-state index contributed by atoms with van der Waals surface area (Å²) in [5.41, 5.74) is 1.92. The van der Waals surface area contributed by atoms with Crippen molar-refractivity contribution in [3.63, 3.8) is 0 Å². The standard InChI is InChI=1S/C24H23ClO5S/c1-14(29-2)12-20(24(27)28)19-13-21(22(26)15-6-10-18(30-3)11-7-15)31-23(19)16-4-8-17(25)9-5-16/h4-11,13-14,20H,12H2,1-3H3,(H,27,28). The highest BCUT2D eigenvalue weighted by Gasteiger charge is 2.29. The average Bonchev–Trinajstić information content (AvgIpc) is 3.22. The first-order valence-corrected chi connectivity index (χ1v) is 10.9. The number of carboxylic acids is 1. The fraction of sp³-hybridized carbons (Fsp3) is 0.250. The van der Waals surface area contributed by atoms with Gasteiger partial charge in [0.15, 0.2) is 0 Å². The number of hydrogen-bond donors (Lipinski definition) is 1. The number of benzene rings is 2. The fourth-order valence-corrected chi connectivity index (χ4v) is 4.59. The van der Waals surface area contributed by atoms with Crippen LogP contribution in [0.15, 0.2) is 54.6 Å². The van der Waals surface area contributed by atoms with Gasteiger partial charge in [-0.3, -0.25) is 9.59 Å². The van der Waals surface area contributed by atoms with Crippen molar-refractivity contribution in [1.29, 1.82) is 0 Å². The Morgan fingerprint density at radius 1 is 1.06 bits per heavy atom. The zero-order chi connectivity index (χ0) is 22.5. The zero-order valence-corrected chi connectivity index (χ0v) is 19.0. The summed E-state index contributed by atoms with van der Waals surface area (Å²) in [7, 11) is 3.11. The Balaban J connectivity index is 2.09. The fourth-order valence-electron chi connectivity index (χ4n) is 3.28. The van der Waals surface area contributed by atoms with Crippen LogP contribution < -0.4 is 4.74 Å². The molecule has 31 heavy (non-hydrogen) atoms. The molecule has 0 spiro atoms. The largest absolute Gasteiger partial charge is 0.497 e. The number of hydrogen-bond acceptors (Lipinski definition) is 5. The third-order valence-electron chi connectivity index (χ3n) is 5.09. The molecule has 0 aliphatic carbocycles. The number of ether oxygens (including phenoxy) is 2. The molecule has 1 N–H and O–H groups in total. The van der Waals surface area contributed by atoms with E-state index >= 15 is 0 Å². The van der Waals surface area contributed by atoms with Gasteiger partial charge >= 0.3 is 5.97 Å². The van der Waals surface area contributed by atoms with E-state index in [1.807, 2.05) is 19.1 Å². The first-order chi connectivity index (χ1) is 14.8. The summed E-state index contributed by atoms with van der Waals surface area (Å²) in [4.78, 5) is 26.5. The summed E-state index contributed by atoms with van der Waals surface area (Å²) < 4.78 is 10.5. The van der Waals surface area contributed by atoms with Crippen LogP contribution >= 0.6 is 22.9 Å². The van der Waals surface area contributed by atoms with Crippen LogP contribution in [0.2, 0.25) is 5.02 Å². The highest BCUT2D eigenvalue weighted by Crippen LogP contribution is 2.40. The van der Waals surface area contributed by atoms with E-state index in [0.29, 0.717) is 33.2 Å². The number of aliphatic carboxylic acids is 1. The number of thiophene rings is 1. The number of rotatable bonds is 9. The number of methoxy groups -OCH3 is 2. The van der Waals surface area contributed by atoms with Crippen LogP contribution in [0, 0.1) is 0 Å². The van der Waals surface area contributed by atoms with E-state index in [1.165, 1.54) is 11.3 Å². The third-order valence-corrected chi connectivity index (χ3v) is 6.54. The molecule has 1 aromatic heterocycles. The van der Waals surface area contributed by atoms with Gasteiger partial charge in [0.05, 0.1) is 24.0 Å². The Kier molecular flexibility index (Phi) is 7.49. The van der Waals surface area contributed by atoms with E-state index < -0.39 is 11.9 Å². The van der Waals surface area contributed by atoms with Gasteiger partial charge in [-0.1, -0.05) is 23.7 Å². The van der Waals surface area contributed by atoms with E-state index in [1.54, 1.807) is 56.7 Å². The zero-order valence-electron chi connectivity index (χ0n) is 17.4. The lowest BCUT2D eigenvalue weighted by Gasteiger charge is -2.17. The molecular weight excluding hydrogens is 436 g/mol. The van der Waals surface area contributed by atoms with Gasteiger partial charge in [0.1, 0.15) is 5.75 Å². The molecule has 7 heteroatoms. The SMILES string of the molecule is COc1ccc(C(=O)c2cc(C(CC(C)OC)C(=O)O)c(-c3ccc(Cl)cc3)s2)cc1. The summed E-state index contributed by atoms with van der Waals surface area (Å²) in [6.45, 7) is 1.83. The Hall–Kier alpha value is -2.67. The van der Waals surface area contributed by atoms with E-state index in [2.05, 4.69) is 0 Å². The lowest BCUT2D eigenvalue weighted by molar-refractivity contribution is -0.139. The summed E-state index contributed by atoms with van der Waals surface area (Å²) >= 11 is 7.31. The van der Waals surface area contributed by atoms with Crippen molar-refractivity contribution >= 4 is 34.7 Å². The number of carbonyl (C=O) groups is 2. The van der Waals surface area contributed by atoms with Crippen LogP contribution in [0.1, 0.15) is 40.1 Å². The van der Waals surface area contributed by atoms with Crippen molar-refractivity contribution in [2.75, 3.05) is 14.2 Å². The molecule has 2 aromatic carbocycles. The molecule has 0 radical (unpaired) electrons. The smallest absolute Gasteiger partial charge is 0.311 e. The molecule has 1 heterocycles. The van der Waals surface area contributed by atoms with Gasteiger partial charge in [-0.15, -0.1) is 11.3 Å². The molecule has 5 nitrogen and oxygen atoms in total. The van der Waals surface area contributed by atoms with E-state index in [0.717, 1.165) is 10.4 Å². The minimum atomic E-state index is -0.958. The molecule has 3 rings (SSSR count). The van der Waals surface area contributed by atoms with Gasteiger partial charge in [-0.05, 0) is 66.9 Å². The van der Waals surface area contributed by atoms with Gasteiger partial charge in [0, 0.05) is 22.6 Å². The molecule has 0 saturated heterocycles. The lowest BCUT2D eigenvalue weighted by Crippen LogP contribution is -2.18. The van der Waals surface area contributed by atoms with Crippen LogP contribution in [0.4, 0.5) is 0 Å². The summed E-state index contributed by atoms with van der Waals surface area (Å²) in [6, 6.07) is 15.7. The number of halogens is 1. The Labute approximate surface area is 190 Å². The average molecular weight is 459 g/mol. The van der Waals surface area contributed by atoms with Crippen molar-refractivity contribution in [3.05, 3.63) is 75.6 Å². The highest BCUT2D eigenvalue weighted by atomic mass is 35.5. The van der Waals surface area contributed by atoms with E-state index in [9.17, 15) is 14.7 Å². The maximum absolute atomic E-state index is 13.1. The van der Waals surface area contributed by atoms with Crippen LogP contribution in [0.25, 0.3) is 10.4 Å². The molecule has 0 saturated carbocycles. The van der Waals surface area contributed by atoms with Crippen LogP contribution in [0.5, 0.6) is 5.75 Å². The predicted molar refractivity (Wildman–Crippen MR) is 123 cm³/mol. The second-order valence-corrected chi connectivity index (χ2v) is 8.62. The molecule has 2 unspecified atom stereocenters. The number of carboxylic acid groups (broad SMARTS) is 1. The Morgan fingerprint density at radius 2 is 1.71 bits per heavy atom. The highest BCUT2D eigenvalue weighted by molar-refractivity contribution is 7.17. The Morgan fingerprint density at radius 3 is 2.26 bits per heavy atom. The van der Waals surface area contributed by atoms with Gasteiger partial charge in [-0.2, -0.15) is 0 Å². The molecule has 0 bridgehead atoms. The molecular formula is C24H23ClO5S. The normalized spacial score (nSPS) is 12.9. The van der Waals surface area contributed by atoms with Crippen molar-refractivity contribution in [2.24, 2.45) is 0 Å². The third kappa shape index (κ3) is 5.34. The summed E-state index contributed by atoms with van der Waals surface area (Å²) in [5.74, 6) is -1.28. The van der Waals surface area contributed by atoms with Gasteiger partial charge in [-0.25, -0.2) is 0 Å². The van der Waals surface area contributed by atoms with E-state index in [4.69, 9.17) is 21.1 Å². The molecule has 0 aliphatic rings. The quantitative estimate of drug-likeness (QED) is 0.404. The molecule has 3 aromatic rings. The van der Waals surface area contributed by atoms with Crippen molar-refractivity contribution in [1.82, 2.24) is 0 Å². The Bertz CT molecular complexity index is 1060. The topological polar surface area (TPSA) is 72.8 Å². The van der Waals surface area contributed by atoms with Crippen LogP contribution in [-0.2, 0) is 9.53 Å². The monoisotopic (exact) mass is 458 g/mol. The molecule has 2 atom stereocenters. The van der Waals surface area contributed by atoms with Gasteiger partial charge < -0.3 is 14.6 Å². The van der Waals surface area contributed by atoms with Gasteiger partial charge in [0.2, 0.25) is 5.78 Å². The van der Waals surface area contributed by atoms with E-state index in [-0.39, 0.29) is 11.9 Å². The van der Waals surface area contributed by atoms with Crippen molar-refractivity contribution < 1.29 is 24.2 Å². The number of carbonyl (C=O) groups excluding carboxylic acids is 1. The van der Waals surface area contributed by atoms with Gasteiger partial charge in [0.25, 0.3) is 0 Å². The minimum Gasteiger partial charge on any atom is -0.497 e. The van der Waals surface area contributed by atoms with Crippen LogP contribution in [-0.4, -0.2) is 37.2 Å². The summed E-state index contributed by atoms with van der Waals surface area (Å²) in [6.07, 6.45) is 0.0408. The molecule has 0 aliphatic heterocycles. The minimum absolute atomic E-state index is 0.168. The predicted octanol–water partition coefficient (Wildman–Crippen LogP) is 5.90. The molecule has 0 fully saturated rings. The second-order valence-electron chi connectivity index (χ2n) is 7.13. The number of ketones is 1. The second kappa shape index (κ2) is 10.1.